The molecule has 0 bridgehead atoms. The fourth-order valence-corrected chi connectivity index (χ4v) is 4.44. The predicted molar refractivity (Wildman–Crippen MR) is 120 cm³/mol. The molecule has 0 aliphatic carbocycles. The average molecular weight is 456 g/mol. The highest BCUT2D eigenvalue weighted by atomic mass is 32.1. The zero-order valence-electron chi connectivity index (χ0n) is 18.1. The van der Waals surface area contributed by atoms with Crippen LogP contribution in [0.5, 0.6) is 17.2 Å². The third kappa shape index (κ3) is 3.99. The largest absolute Gasteiger partial charge is 0.493 e. The van der Waals surface area contributed by atoms with Crippen molar-refractivity contribution in [3.8, 4) is 28.5 Å². The van der Waals surface area contributed by atoms with Gasteiger partial charge < -0.3 is 19.5 Å². The summed E-state index contributed by atoms with van der Waals surface area (Å²) in [4.78, 5) is 19.2. The third-order valence-electron chi connectivity index (χ3n) is 5.13. The van der Waals surface area contributed by atoms with Gasteiger partial charge in [-0.3, -0.25) is 9.20 Å². The number of thiazole rings is 1. The number of halogens is 1. The van der Waals surface area contributed by atoms with E-state index in [2.05, 4.69) is 10.3 Å². The monoisotopic (exact) mass is 455 g/mol. The highest BCUT2D eigenvalue weighted by Crippen LogP contribution is 2.38. The molecule has 2 aromatic heterocycles. The number of hydrogen-bond acceptors (Lipinski definition) is 6. The van der Waals surface area contributed by atoms with Gasteiger partial charge in [0.25, 0.3) is 5.91 Å². The number of aromatic nitrogens is 2. The molecule has 1 amide bonds. The first kappa shape index (κ1) is 21.6. The number of fused-ring (bicyclic) bond motifs is 1. The number of rotatable bonds is 7. The lowest BCUT2D eigenvalue weighted by molar-refractivity contribution is 0.0950. The predicted octanol–water partition coefficient (Wildman–Crippen LogP) is 4.47. The standard InChI is InChI=1S/C23H22FN3O4S/c1-13-20(32-23-26-17(12-27(13)23)14-5-7-16(24)8-6-14)11-25-22(28)15-9-18(29-2)21(31-4)19(10-15)30-3/h5-10,12H,11H2,1-4H3,(H,25,28). The molecule has 1 N–H and O–H groups in total. The molecule has 32 heavy (non-hydrogen) atoms. The number of amides is 1. The number of methoxy groups -OCH3 is 3. The van der Waals surface area contributed by atoms with Crippen molar-refractivity contribution in [1.29, 1.82) is 0 Å². The van der Waals surface area contributed by atoms with Gasteiger partial charge in [0.2, 0.25) is 5.75 Å². The Kier molecular flexibility index (Phi) is 6.00. The van der Waals surface area contributed by atoms with Crippen LogP contribution in [0.2, 0.25) is 0 Å². The van der Waals surface area contributed by atoms with Gasteiger partial charge in [0.1, 0.15) is 5.82 Å². The maximum Gasteiger partial charge on any atom is 0.251 e. The molecule has 0 unspecified atom stereocenters. The van der Waals surface area contributed by atoms with Crippen molar-refractivity contribution < 1.29 is 23.4 Å². The highest BCUT2D eigenvalue weighted by Gasteiger charge is 2.18. The van der Waals surface area contributed by atoms with Gasteiger partial charge in [0, 0.05) is 27.9 Å². The van der Waals surface area contributed by atoms with Gasteiger partial charge in [-0.1, -0.05) is 11.3 Å². The Morgan fingerprint density at radius 2 is 1.75 bits per heavy atom. The van der Waals surface area contributed by atoms with Crippen LogP contribution in [0.1, 0.15) is 20.9 Å². The van der Waals surface area contributed by atoms with E-state index in [1.165, 1.54) is 44.8 Å². The van der Waals surface area contributed by atoms with Crippen molar-refractivity contribution in [2.45, 2.75) is 13.5 Å². The average Bonchev–Trinajstić information content (AvgIpc) is 3.35. The van der Waals surface area contributed by atoms with Gasteiger partial charge in [0.15, 0.2) is 16.5 Å². The van der Waals surface area contributed by atoms with Crippen LogP contribution >= 0.6 is 11.3 Å². The van der Waals surface area contributed by atoms with E-state index < -0.39 is 0 Å². The second-order valence-electron chi connectivity index (χ2n) is 6.99. The van der Waals surface area contributed by atoms with Crippen LogP contribution in [0, 0.1) is 12.7 Å². The molecule has 9 heteroatoms. The lowest BCUT2D eigenvalue weighted by Crippen LogP contribution is -2.23. The molecule has 0 spiro atoms. The molecular weight excluding hydrogens is 433 g/mol. The summed E-state index contributed by atoms with van der Waals surface area (Å²) >= 11 is 1.49. The summed E-state index contributed by atoms with van der Waals surface area (Å²) in [6, 6.07) is 9.46. The number of nitrogens with zero attached hydrogens (tertiary/aromatic N) is 2. The minimum absolute atomic E-state index is 0.262. The van der Waals surface area contributed by atoms with Gasteiger partial charge in [-0.25, -0.2) is 9.37 Å². The van der Waals surface area contributed by atoms with Crippen molar-refractivity contribution in [3.63, 3.8) is 0 Å². The number of hydrogen-bond donors (Lipinski definition) is 1. The van der Waals surface area contributed by atoms with Crippen LogP contribution in [0.3, 0.4) is 0 Å². The number of imidazole rings is 1. The Morgan fingerprint density at radius 1 is 1.09 bits per heavy atom. The van der Waals surface area contributed by atoms with Gasteiger partial charge >= 0.3 is 0 Å². The molecule has 0 fully saturated rings. The van der Waals surface area contributed by atoms with E-state index >= 15 is 0 Å². The Hall–Kier alpha value is -3.59. The van der Waals surface area contributed by atoms with Crippen LogP contribution < -0.4 is 19.5 Å². The molecule has 0 aliphatic heterocycles. The summed E-state index contributed by atoms with van der Waals surface area (Å²) in [7, 11) is 4.52. The Morgan fingerprint density at radius 3 is 2.31 bits per heavy atom. The van der Waals surface area contributed by atoms with Gasteiger partial charge in [-0.15, -0.1) is 0 Å². The summed E-state index contributed by atoms with van der Waals surface area (Å²) in [6.45, 7) is 2.32. The van der Waals surface area contributed by atoms with E-state index in [1.54, 1.807) is 24.3 Å². The fourth-order valence-electron chi connectivity index (χ4n) is 3.39. The second-order valence-corrected chi connectivity index (χ2v) is 8.06. The van der Waals surface area contributed by atoms with E-state index in [1.807, 2.05) is 17.5 Å². The van der Waals surface area contributed by atoms with Crippen molar-refractivity contribution in [2.24, 2.45) is 0 Å². The second kappa shape index (κ2) is 8.88. The lowest BCUT2D eigenvalue weighted by Gasteiger charge is -2.14. The van der Waals surface area contributed by atoms with Gasteiger partial charge in [-0.2, -0.15) is 0 Å². The summed E-state index contributed by atoms with van der Waals surface area (Å²) in [5.74, 6) is 0.712. The normalized spacial score (nSPS) is 10.9. The van der Waals surface area contributed by atoms with Crippen molar-refractivity contribution in [1.82, 2.24) is 14.7 Å². The van der Waals surface area contributed by atoms with Gasteiger partial charge in [-0.05, 0) is 43.3 Å². The van der Waals surface area contributed by atoms with E-state index in [9.17, 15) is 9.18 Å². The number of nitrogens with one attached hydrogen (secondary N) is 1. The topological polar surface area (TPSA) is 74.1 Å². The van der Waals surface area contributed by atoms with E-state index in [4.69, 9.17) is 14.2 Å². The fraction of sp³-hybridized carbons (Fsp3) is 0.217. The van der Waals surface area contributed by atoms with Crippen molar-refractivity contribution in [3.05, 3.63) is 64.5 Å². The quantitative estimate of drug-likeness (QED) is 0.445. The molecule has 166 valence electrons. The molecule has 0 aliphatic rings. The zero-order valence-corrected chi connectivity index (χ0v) is 18.9. The Labute approximate surface area is 188 Å². The number of carbonyl (C=O) groups excluding carboxylic acids is 1. The van der Waals surface area contributed by atoms with Crippen molar-refractivity contribution in [2.75, 3.05) is 21.3 Å². The molecule has 0 atom stereocenters. The van der Waals surface area contributed by atoms with Crippen LogP contribution in [0.25, 0.3) is 16.2 Å². The summed E-state index contributed by atoms with van der Waals surface area (Å²) in [5.41, 5.74) is 3.00. The SMILES string of the molecule is COc1cc(C(=O)NCc2sc3nc(-c4ccc(F)cc4)cn3c2C)cc(OC)c1OC. The molecule has 2 heterocycles. The van der Waals surface area contributed by atoms with Gasteiger partial charge in [0.05, 0.1) is 33.6 Å². The smallest absolute Gasteiger partial charge is 0.251 e. The zero-order chi connectivity index (χ0) is 22.8. The van der Waals surface area contributed by atoms with Crippen molar-refractivity contribution >= 4 is 22.2 Å². The Balaban J connectivity index is 1.53. The maximum atomic E-state index is 13.2. The van der Waals surface area contributed by atoms with Crippen LogP contribution in [0.4, 0.5) is 4.39 Å². The summed E-state index contributed by atoms with van der Waals surface area (Å²) in [5, 5.41) is 2.94. The minimum Gasteiger partial charge on any atom is -0.493 e. The number of benzene rings is 2. The van der Waals surface area contributed by atoms with E-state index in [0.29, 0.717) is 29.4 Å². The first-order valence-electron chi connectivity index (χ1n) is 9.76. The molecule has 0 saturated heterocycles. The number of aryl methyl sites for hydroxylation is 1. The van der Waals surface area contributed by atoms with E-state index in [0.717, 1.165) is 26.8 Å². The summed E-state index contributed by atoms with van der Waals surface area (Å²) in [6.07, 6.45) is 1.92. The highest BCUT2D eigenvalue weighted by molar-refractivity contribution is 7.17. The molecule has 4 aromatic rings. The molecule has 0 radical (unpaired) electrons. The number of carbonyl (C=O) groups is 1. The van der Waals surface area contributed by atoms with E-state index in [-0.39, 0.29) is 11.7 Å². The molecular formula is C23H22FN3O4S. The molecule has 7 nitrogen and oxygen atoms in total. The van der Waals surface area contributed by atoms with Crippen LogP contribution in [-0.4, -0.2) is 36.6 Å². The molecule has 0 saturated carbocycles. The summed E-state index contributed by atoms with van der Waals surface area (Å²) < 4.78 is 31.1. The maximum absolute atomic E-state index is 13.2. The van der Waals surface area contributed by atoms with Crippen LogP contribution in [0.15, 0.2) is 42.6 Å². The van der Waals surface area contributed by atoms with Crippen LogP contribution in [-0.2, 0) is 6.54 Å². The molecule has 4 rings (SSSR count). The first-order chi connectivity index (χ1) is 15.4. The first-order valence-corrected chi connectivity index (χ1v) is 10.6. The lowest BCUT2D eigenvalue weighted by atomic mass is 10.1. The number of ether oxygens (including phenoxy) is 3. The molecule has 2 aromatic carbocycles. The minimum atomic E-state index is -0.281. The third-order valence-corrected chi connectivity index (χ3v) is 6.29. The Bertz CT molecular complexity index is 1260.